The Bertz CT molecular complexity index is 4090. The van der Waals surface area contributed by atoms with E-state index >= 15 is 0 Å². The molecule has 14 rings (SSSR count). The number of hydrogen-bond acceptors (Lipinski definition) is 3. The average Bonchev–Trinajstić information content (AvgIpc) is 3.99. The van der Waals surface area contributed by atoms with Gasteiger partial charge in [-0.15, -0.1) is 11.3 Å². The molecule has 0 spiro atoms. The third kappa shape index (κ3) is 5.86. The molecule has 7 aromatic carbocycles. The molecule has 2 aliphatic heterocycles. The fourth-order valence-electron chi connectivity index (χ4n) is 14.3. The minimum absolute atomic E-state index is 0.00465. The molecule has 0 radical (unpaired) electrons. The van der Waals surface area contributed by atoms with E-state index in [1.807, 2.05) is 11.3 Å². The van der Waals surface area contributed by atoms with Crippen molar-refractivity contribution in [2.75, 3.05) is 4.81 Å². The van der Waals surface area contributed by atoms with Gasteiger partial charge in [-0.25, -0.2) is 0 Å². The average molecular weight is 961 g/mol. The van der Waals surface area contributed by atoms with Gasteiger partial charge < -0.3 is 13.8 Å². The van der Waals surface area contributed by atoms with Crippen molar-refractivity contribution in [2.24, 2.45) is 0 Å². The maximum atomic E-state index is 7.39. The van der Waals surface area contributed by atoms with E-state index in [9.17, 15) is 0 Å². The minimum atomic E-state index is -0.143. The number of fused-ring (bicyclic) bond motifs is 17. The number of furan rings is 1. The Morgan fingerprint density at radius 2 is 1.15 bits per heavy atom. The first-order valence-corrected chi connectivity index (χ1v) is 27.8. The molecule has 0 bridgehead atoms. The van der Waals surface area contributed by atoms with Crippen molar-refractivity contribution in [1.82, 2.24) is 4.57 Å². The monoisotopic (exact) mass is 961 g/mol. The van der Waals surface area contributed by atoms with Crippen molar-refractivity contribution in [3.05, 3.63) is 136 Å². The van der Waals surface area contributed by atoms with Gasteiger partial charge in [-0.2, -0.15) is 0 Å². The molecule has 3 nitrogen and oxygen atoms in total. The smallest absolute Gasteiger partial charge is 0.333 e. The van der Waals surface area contributed by atoms with Gasteiger partial charge in [0.2, 0.25) is 0 Å². The SMILES string of the molecule is Cc1cc2c(cc1N1B3c4c(cc5c(oc6ccccc65)c4-c4c1ccc1sc5cc6c(cc5c41)C(C)(C)CCC6(C)C)-n1c4ccc(C(C)(C)C)cc4c4cc(C(C)(C)C)cc3c41)C(C)(C)CCC2(C)C. The summed E-state index contributed by atoms with van der Waals surface area (Å²) < 4.78 is 12.8. The first kappa shape index (κ1) is 44.9. The van der Waals surface area contributed by atoms with E-state index in [0.717, 1.165) is 17.6 Å². The minimum Gasteiger partial charge on any atom is -0.455 e. The van der Waals surface area contributed by atoms with Crippen LogP contribution in [0.5, 0.6) is 0 Å². The molecule has 0 saturated heterocycles. The zero-order valence-corrected chi connectivity index (χ0v) is 46.2. The lowest BCUT2D eigenvalue weighted by atomic mass is 9.43. The first-order chi connectivity index (χ1) is 33.8. The second-order valence-electron chi connectivity index (χ2n) is 27.5. The largest absolute Gasteiger partial charge is 0.455 e. The lowest BCUT2D eigenvalue weighted by Crippen LogP contribution is -2.61. The number of rotatable bonds is 1. The highest BCUT2D eigenvalue weighted by atomic mass is 32.1. The van der Waals surface area contributed by atoms with Crippen molar-refractivity contribution < 1.29 is 4.42 Å². The van der Waals surface area contributed by atoms with Crippen LogP contribution in [0.3, 0.4) is 0 Å². The molecule has 5 heteroatoms. The molecule has 72 heavy (non-hydrogen) atoms. The lowest BCUT2D eigenvalue weighted by molar-refractivity contribution is 0.332. The van der Waals surface area contributed by atoms with Gasteiger partial charge in [0.15, 0.2) is 0 Å². The van der Waals surface area contributed by atoms with E-state index in [-0.39, 0.29) is 39.3 Å². The number of thiophene rings is 1. The van der Waals surface area contributed by atoms with Gasteiger partial charge in [0.1, 0.15) is 11.2 Å². The van der Waals surface area contributed by atoms with Crippen molar-refractivity contribution in [2.45, 2.75) is 162 Å². The summed E-state index contributed by atoms with van der Waals surface area (Å²) in [5.74, 6) is 0. The van der Waals surface area contributed by atoms with Crippen LogP contribution in [-0.4, -0.2) is 11.4 Å². The van der Waals surface area contributed by atoms with Gasteiger partial charge in [0.25, 0.3) is 0 Å². The maximum Gasteiger partial charge on any atom is 0.333 e. The van der Waals surface area contributed by atoms with Crippen LogP contribution in [0.4, 0.5) is 11.4 Å². The summed E-state index contributed by atoms with van der Waals surface area (Å²) in [4.78, 5) is 2.83. The van der Waals surface area contributed by atoms with Crippen molar-refractivity contribution in [3.8, 4) is 16.8 Å². The molecular weight excluding hydrogens is 892 g/mol. The molecule has 362 valence electrons. The number of hydrogen-bond donors (Lipinski definition) is 0. The van der Waals surface area contributed by atoms with Gasteiger partial charge in [-0.05, 0) is 176 Å². The van der Waals surface area contributed by atoms with Gasteiger partial charge in [-0.3, -0.25) is 0 Å². The van der Waals surface area contributed by atoms with E-state index in [4.69, 9.17) is 4.42 Å². The summed E-state index contributed by atoms with van der Waals surface area (Å²) >= 11 is 1.98. The summed E-state index contributed by atoms with van der Waals surface area (Å²) in [7, 11) is 0. The normalized spacial score (nSPS) is 18.4. The number of para-hydroxylation sites is 1. The molecule has 0 amide bonds. The van der Waals surface area contributed by atoms with Crippen LogP contribution in [0.2, 0.25) is 0 Å². The zero-order chi connectivity index (χ0) is 50.3. The first-order valence-electron chi connectivity index (χ1n) is 27.0. The molecule has 2 aliphatic carbocycles. The van der Waals surface area contributed by atoms with Crippen LogP contribution in [-0.2, 0) is 32.5 Å². The second kappa shape index (κ2) is 13.9. The topological polar surface area (TPSA) is 21.3 Å². The van der Waals surface area contributed by atoms with E-state index < -0.39 is 0 Å². The highest BCUT2D eigenvalue weighted by Crippen LogP contribution is 2.57. The molecule has 3 aromatic heterocycles. The Hall–Kier alpha value is -5.78. The molecule has 0 atom stereocenters. The summed E-state index contributed by atoms with van der Waals surface area (Å²) in [6.07, 6.45) is 4.72. The second-order valence-corrected chi connectivity index (χ2v) is 28.6. The van der Waals surface area contributed by atoms with Crippen LogP contribution in [0, 0.1) is 6.92 Å². The standard InChI is InChI=1S/C67H69BN2OS/c1-36-28-44-46(66(12,13)26-24-64(44,8)9)34-51(36)70-50-22-23-54-56(43-32-45-47(35-55(43)72-54)67(14,15)27-25-65(45,10)11)57(50)58-59-52(33-42-39-18-16-17-19-53(39)71-61(42)58)69-49-21-20-37(62(2,3)4)29-40(49)41-30-38(63(5,6)7)31-48(60(41)69)68(59)70/h16-23,28-35H,24-27H2,1-15H3. The molecule has 5 heterocycles. The Morgan fingerprint density at radius 3 is 1.83 bits per heavy atom. The fraction of sp³-hybridized carbons (Fsp3) is 0.373. The maximum absolute atomic E-state index is 7.39. The third-order valence-electron chi connectivity index (χ3n) is 18.9. The van der Waals surface area contributed by atoms with Gasteiger partial charge in [0.05, 0.1) is 11.0 Å². The number of nitrogens with zero attached hydrogens (tertiary/aromatic N) is 2. The molecule has 0 N–H and O–H groups in total. The quantitative estimate of drug-likeness (QED) is 0.153. The van der Waals surface area contributed by atoms with Crippen LogP contribution in [0.1, 0.15) is 162 Å². The van der Waals surface area contributed by atoms with Crippen molar-refractivity contribution in [1.29, 1.82) is 0 Å². The number of benzene rings is 7. The van der Waals surface area contributed by atoms with Crippen LogP contribution >= 0.6 is 11.3 Å². The van der Waals surface area contributed by atoms with Gasteiger partial charge in [-0.1, -0.05) is 133 Å². The summed E-state index contributed by atoms with van der Waals surface area (Å²) in [5.41, 5.74) is 23.9. The Balaban J connectivity index is 1.22. The highest BCUT2D eigenvalue weighted by Gasteiger charge is 2.48. The van der Waals surface area contributed by atoms with Gasteiger partial charge >= 0.3 is 6.85 Å². The van der Waals surface area contributed by atoms with Crippen molar-refractivity contribution >= 4 is 104 Å². The molecule has 4 aliphatic rings. The molecule has 10 aromatic rings. The Kier molecular flexibility index (Phi) is 8.65. The number of aromatic nitrogens is 1. The Labute approximate surface area is 430 Å². The molecule has 0 unspecified atom stereocenters. The van der Waals surface area contributed by atoms with E-state index in [1.54, 1.807) is 0 Å². The predicted molar refractivity (Wildman–Crippen MR) is 313 cm³/mol. The lowest BCUT2D eigenvalue weighted by Gasteiger charge is -2.46. The number of aryl methyl sites for hydroxylation is 1. The molecule has 0 saturated carbocycles. The molecular formula is C67H69BN2OS. The van der Waals surface area contributed by atoms with Crippen molar-refractivity contribution in [3.63, 3.8) is 0 Å². The summed E-state index contributed by atoms with van der Waals surface area (Å²) in [6, 6.07) is 39.2. The van der Waals surface area contributed by atoms with Gasteiger partial charge in [0, 0.05) is 69.9 Å². The summed E-state index contributed by atoms with van der Waals surface area (Å²) in [5, 5.41) is 7.74. The Morgan fingerprint density at radius 1 is 0.528 bits per heavy atom. The summed E-state index contributed by atoms with van der Waals surface area (Å²) in [6.45, 7) is 36.3. The van der Waals surface area contributed by atoms with Crippen LogP contribution in [0.15, 0.2) is 101 Å². The third-order valence-corrected chi connectivity index (χ3v) is 20.0. The highest BCUT2D eigenvalue weighted by molar-refractivity contribution is 7.26. The predicted octanol–water partition coefficient (Wildman–Crippen LogP) is 17.9. The van der Waals surface area contributed by atoms with E-state index in [1.165, 1.54) is 150 Å². The fourth-order valence-corrected chi connectivity index (χ4v) is 15.4. The molecule has 0 fully saturated rings. The van der Waals surface area contributed by atoms with E-state index in [2.05, 4.69) is 210 Å². The van der Waals surface area contributed by atoms with E-state index in [0.29, 0.717) is 0 Å². The number of anilines is 2. The van der Waals surface area contributed by atoms with Crippen LogP contribution in [0.25, 0.3) is 80.7 Å². The van der Waals surface area contributed by atoms with Crippen LogP contribution < -0.4 is 15.7 Å². The zero-order valence-electron chi connectivity index (χ0n) is 45.4.